The Bertz CT molecular complexity index is 706. The summed E-state index contributed by atoms with van der Waals surface area (Å²) in [4.78, 5) is 15.0. The molecule has 2 heterocycles. The molecule has 2 fully saturated rings. The van der Waals surface area contributed by atoms with Gasteiger partial charge in [-0.2, -0.15) is 4.31 Å². The molecule has 6 nitrogen and oxygen atoms in total. The van der Waals surface area contributed by atoms with E-state index >= 15 is 0 Å². The third kappa shape index (κ3) is 5.53. The van der Waals surface area contributed by atoms with Crippen LogP contribution in [0.15, 0.2) is 29.2 Å². The molecule has 27 heavy (non-hydrogen) atoms. The maximum Gasteiger partial charge on any atom is 0.251 e. The highest BCUT2D eigenvalue weighted by atomic mass is 32.2. The zero-order valence-electron chi connectivity index (χ0n) is 16.0. The molecule has 0 spiro atoms. The van der Waals surface area contributed by atoms with Crippen LogP contribution in [0.2, 0.25) is 0 Å². The predicted octanol–water partition coefficient (Wildman–Crippen LogP) is 2.47. The number of hydrogen-bond donors (Lipinski definition) is 1. The van der Waals surface area contributed by atoms with Gasteiger partial charge in [-0.25, -0.2) is 8.42 Å². The number of rotatable bonds is 7. The fourth-order valence-electron chi connectivity index (χ4n) is 3.82. The van der Waals surface area contributed by atoms with Crippen molar-refractivity contribution in [3.05, 3.63) is 29.8 Å². The van der Waals surface area contributed by atoms with Crippen molar-refractivity contribution in [1.82, 2.24) is 14.5 Å². The van der Waals surface area contributed by atoms with E-state index in [1.165, 1.54) is 32.4 Å². The van der Waals surface area contributed by atoms with Gasteiger partial charge < -0.3 is 10.2 Å². The first-order valence-electron chi connectivity index (χ1n) is 10.2. The average Bonchev–Trinajstić information content (AvgIpc) is 2.72. The fraction of sp³-hybridized carbons (Fsp3) is 0.650. The molecule has 0 bridgehead atoms. The Hall–Kier alpha value is -1.44. The molecule has 0 aliphatic carbocycles. The fourth-order valence-corrected chi connectivity index (χ4v) is 5.34. The molecule has 3 rings (SSSR count). The number of nitrogens with zero attached hydrogens (tertiary/aromatic N) is 2. The molecule has 2 saturated heterocycles. The molecule has 150 valence electrons. The highest BCUT2D eigenvalue weighted by Crippen LogP contribution is 2.20. The van der Waals surface area contributed by atoms with Crippen LogP contribution in [-0.4, -0.2) is 62.8 Å². The van der Waals surface area contributed by atoms with Crippen molar-refractivity contribution in [2.24, 2.45) is 0 Å². The standard InChI is InChI=1S/C20H31N3O3S/c24-20(21-12-7-15-22-13-3-1-4-14-22)18-8-10-19(11-9-18)27(25,26)23-16-5-2-6-17-23/h8-11H,1-7,12-17H2,(H,21,24). The lowest BCUT2D eigenvalue weighted by Gasteiger charge is -2.26. The molecule has 1 amide bonds. The Morgan fingerprint density at radius 3 is 2.11 bits per heavy atom. The van der Waals surface area contributed by atoms with E-state index in [0.717, 1.165) is 32.2 Å². The lowest BCUT2D eigenvalue weighted by molar-refractivity contribution is 0.0951. The summed E-state index contributed by atoms with van der Waals surface area (Å²) in [6.45, 7) is 5.17. The molecule has 0 atom stereocenters. The number of likely N-dealkylation sites (tertiary alicyclic amines) is 1. The number of nitrogens with one attached hydrogen (secondary N) is 1. The van der Waals surface area contributed by atoms with Crippen molar-refractivity contribution < 1.29 is 13.2 Å². The zero-order chi connectivity index (χ0) is 19.1. The summed E-state index contributed by atoms with van der Waals surface area (Å²) in [6, 6.07) is 6.31. The Balaban J connectivity index is 1.48. The summed E-state index contributed by atoms with van der Waals surface area (Å²) in [5.74, 6) is -0.143. The van der Waals surface area contributed by atoms with Gasteiger partial charge in [-0.05, 0) is 76.0 Å². The number of hydrogen-bond acceptors (Lipinski definition) is 4. The van der Waals surface area contributed by atoms with Crippen LogP contribution in [0.4, 0.5) is 0 Å². The smallest absolute Gasteiger partial charge is 0.251 e. The summed E-state index contributed by atoms with van der Waals surface area (Å²) in [5.41, 5.74) is 0.505. The monoisotopic (exact) mass is 393 g/mol. The van der Waals surface area contributed by atoms with Crippen molar-refractivity contribution >= 4 is 15.9 Å². The van der Waals surface area contributed by atoms with Gasteiger partial charge in [0.15, 0.2) is 0 Å². The number of carbonyl (C=O) groups excluding carboxylic acids is 1. The van der Waals surface area contributed by atoms with Crippen LogP contribution < -0.4 is 5.32 Å². The van der Waals surface area contributed by atoms with E-state index < -0.39 is 10.0 Å². The minimum absolute atomic E-state index is 0.143. The van der Waals surface area contributed by atoms with Crippen molar-refractivity contribution in [3.63, 3.8) is 0 Å². The van der Waals surface area contributed by atoms with Gasteiger partial charge in [-0.1, -0.05) is 12.8 Å². The molecule has 0 unspecified atom stereocenters. The molecule has 1 aromatic rings. The van der Waals surface area contributed by atoms with Gasteiger partial charge in [-0.3, -0.25) is 4.79 Å². The van der Waals surface area contributed by atoms with E-state index in [2.05, 4.69) is 10.2 Å². The third-order valence-corrected chi connectivity index (χ3v) is 7.37. The molecule has 2 aliphatic rings. The maximum atomic E-state index is 12.7. The molecular formula is C20H31N3O3S. The SMILES string of the molecule is O=C(NCCCN1CCCCC1)c1ccc(S(=O)(=O)N2CCCCC2)cc1. The Morgan fingerprint density at radius 2 is 1.48 bits per heavy atom. The summed E-state index contributed by atoms with van der Waals surface area (Å²) < 4.78 is 26.8. The first kappa shape index (κ1) is 20.3. The number of carbonyl (C=O) groups is 1. The van der Waals surface area contributed by atoms with Crippen molar-refractivity contribution in [2.75, 3.05) is 39.3 Å². The molecule has 7 heteroatoms. The number of sulfonamides is 1. The lowest BCUT2D eigenvalue weighted by atomic mass is 10.1. The molecule has 0 saturated carbocycles. The van der Waals surface area contributed by atoms with Gasteiger partial charge in [0.1, 0.15) is 0 Å². The van der Waals surface area contributed by atoms with Crippen LogP contribution in [0.25, 0.3) is 0 Å². The van der Waals surface area contributed by atoms with E-state index in [0.29, 0.717) is 25.2 Å². The van der Waals surface area contributed by atoms with Gasteiger partial charge in [0.2, 0.25) is 10.0 Å². The molecule has 1 aromatic carbocycles. The van der Waals surface area contributed by atoms with Gasteiger partial charge in [0.25, 0.3) is 5.91 Å². The predicted molar refractivity (Wildman–Crippen MR) is 106 cm³/mol. The van der Waals surface area contributed by atoms with E-state index in [-0.39, 0.29) is 10.8 Å². The lowest BCUT2D eigenvalue weighted by Crippen LogP contribution is -2.35. The van der Waals surface area contributed by atoms with Crippen molar-refractivity contribution in [2.45, 2.75) is 49.8 Å². The normalized spacial score (nSPS) is 19.7. The van der Waals surface area contributed by atoms with Crippen LogP contribution in [0.5, 0.6) is 0 Å². The Labute approximate surface area is 163 Å². The second-order valence-electron chi connectivity index (χ2n) is 7.50. The van der Waals surface area contributed by atoms with Gasteiger partial charge in [0, 0.05) is 25.2 Å². The van der Waals surface area contributed by atoms with Gasteiger partial charge in [-0.15, -0.1) is 0 Å². The Morgan fingerprint density at radius 1 is 0.889 bits per heavy atom. The van der Waals surface area contributed by atoms with Gasteiger partial charge in [0.05, 0.1) is 4.90 Å². The largest absolute Gasteiger partial charge is 0.352 e. The van der Waals surface area contributed by atoms with Crippen LogP contribution in [0.3, 0.4) is 0 Å². The van der Waals surface area contributed by atoms with Crippen molar-refractivity contribution in [3.8, 4) is 0 Å². The third-order valence-electron chi connectivity index (χ3n) is 5.45. The van der Waals surface area contributed by atoms with Crippen LogP contribution in [-0.2, 0) is 10.0 Å². The quantitative estimate of drug-likeness (QED) is 0.723. The first-order chi connectivity index (χ1) is 13.1. The van der Waals surface area contributed by atoms with Crippen LogP contribution >= 0.6 is 0 Å². The summed E-state index contributed by atoms with van der Waals surface area (Å²) >= 11 is 0. The molecular weight excluding hydrogens is 362 g/mol. The van der Waals surface area contributed by atoms with E-state index in [9.17, 15) is 13.2 Å². The number of piperidine rings is 2. The second-order valence-corrected chi connectivity index (χ2v) is 9.44. The molecule has 0 aromatic heterocycles. The highest BCUT2D eigenvalue weighted by molar-refractivity contribution is 7.89. The van der Waals surface area contributed by atoms with E-state index in [1.807, 2.05) is 0 Å². The summed E-state index contributed by atoms with van der Waals surface area (Å²) in [6.07, 6.45) is 7.74. The minimum atomic E-state index is -3.44. The van der Waals surface area contributed by atoms with E-state index in [1.54, 1.807) is 28.6 Å². The van der Waals surface area contributed by atoms with Crippen LogP contribution in [0.1, 0.15) is 55.3 Å². The summed E-state index contributed by atoms with van der Waals surface area (Å²) in [7, 11) is -3.44. The first-order valence-corrected chi connectivity index (χ1v) is 11.6. The second kappa shape index (κ2) is 9.66. The topological polar surface area (TPSA) is 69.7 Å². The van der Waals surface area contributed by atoms with E-state index in [4.69, 9.17) is 0 Å². The minimum Gasteiger partial charge on any atom is -0.352 e. The van der Waals surface area contributed by atoms with Crippen LogP contribution in [0, 0.1) is 0 Å². The van der Waals surface area contributed by atoms with Crippen molar-refractivity contribution in [1.29, 1.82) is 0 Å². The summed E-state index contributed by atoms with van der Waals surface area (Å²) in [5, 5.41) is 2.93. The molecule has 1 N–H and O–H groups in total. The zero-order valence-corrected chi connectivity index (χ0v) is 16.8. The maximum absolute atomic E-state index is 12.7. The number of benzene rings is 1. The Kier molecular flexibility index (Phi) is 7.26. The average molecular weight is 394 g/mol. The molecule has 2 aliphatic heterocycles. The highest BCUT2D eigenvalue weighted by Gasteiger charge is 2.25. The van der Waals surface area contributed by atoms with Gasteiger partial charge >= 0.3 is 0 Å². The molecule has 0 radical (unpaired) electrons. The number of amides is 1.